The second kappa shape index (κ2) is 6.29. The fourth-order valence-corrected chi connectivity index (χ4v) is 1.93. The van der Waals surface area contributed by atoms with Crippen LogP contribution in [0, 0.1) is 0 Å². The van der Waals surface area contributed by atoms with Crippen LogP contribution in [-0.2, 0) is 16.1 Å². The van der Waals surface area contributed by atoms with E-state index in [1.54, 1.807) is 20.1 Å². The Balaban J connectivity index is 2.03. The molecule has 2 N–H and O–H groups in total. The number of methoxy groups -OCH3 is 1. The summed E-state index contributed by atoms with van der Waals surface area (Å²) in [4.78, 5) is 33.1. The normalized spacial score (nSPS) is 18.6. The van der Waals surface area contributed by atoms with Crippen molar-refractivity contribution in [3.8, 4) is 0 Å². The maximum atomic E-state index is 12.1. The van der Waals surface area contributed by atoms with Crippen LogP contribution in [0.2, 0.25) is 0 Å². The van der Waals surface area contributed by atoms with Crippen LogP contribution in [-0.4, -0.2) is 53.0 Å². The lowest BCUT2D eigenvalue weighted by atomic mass is 10.2. The predicted octanol–water partition coefficient (Wildman–Crippen LogP) is -0.0248. The molecule has 0 spiro atoms. The Hall–Kier alpha value is -2.22. The molecule has 20 heavy (non-hydrogen) atoms. The number of aromatic nitrogens is 2. The molecule has 1 saturated heterocycles. The van der Waals surface area contributed by atoms with Crippen molar-refractivity contribution in [1.29, 1.82) is 0 Å². The minimum atomic E-state index is -0.496. The highest BCUT2D eigenvalue weighted by Gasteiger charge is 2.29. The topological polar surface area (TPSA) is 96.5 Å². The molecule has 8 heteroatoms. The van der Waals surface area contributed by atoms with Crippen molar-refractivity contribution in [2.75, 3.05) is 25.5 Å². The van der Waals surface area contributed by atoms with Gasteiger partial charge in [-0.15, -0.1) is 0 Å². The molecule has 2 heterocycles. The maximum absolute atomic E-state index is 12.1. The zero-order chi connectivity index (χ0) is 14.5. The summed E-state index contributed by atoms with van der Waals surface area (Å²) in [6, 6.07) is 0.786. The van der Waals surface area contributed by atoms with Crippen molar-refractivity contribution in [3.05, 3.63) is 18.1 Å². The molecular formula is C12H17N5O3. The lowest BCUT2D eigenvalue weighted by Gasteiger charge is -2.32. The number of urea groups is 1. The highest BCUT2D eigenvalue weighted by atomic mass is 16.5. The first-order valence-electron chi connectivity index (χ1n) is 6.27. The minimum Gasteiger partial charge on any atom is -0.378 e. The van der Waals surface area contributed by atoms with E-state index in [0.717, 1.165) is 0 Å². The van der Waals surface area contributed by atoms with Crippen LogP contribution < -0.4 is 10.6 Å². The summed E-state index contributed by atoms with van der Waals surface area (Å²) in [6.45, 7) is 2.95. The Labute approximate surface area is 116 Å². The number of piperazine rings is 1. The third kappa shape index (κ3) is 3.21. The molecule has 1 aliphatic heterocycles. The molecule has 1 aromatic heterocycles. The largest absolute Gasteiger partial charge is 0.378 e. The molecule has 1 fully saturated rings. The van der Waals surface area contributed by atoms with E-state index in [1.165, 1.54) is 11.2 Å². The van der Waals surface area contributed by atoms with Crippen molar-refractivity contribution < 1.29 is 14.3 Å². The number of ether oxygens (including phenoxy) is 1. The van der Waals surface area contributed by atoms with Gasteiger partial charge in [0.2, 0.25) is 5.91 Å². The number of carbonyl (C=O) groups excluding carboxylic acids is 2. The third-order valence-electron chi connectivity index (χ3n) is 3.01. The Morgan fingerprint density at radius 2 is 2.40 bits per heavy atom. The summed E-state index contributed by atoms with van der Waals surface area (Å²) in [6.07, 6.45) is 1.36. The van der Waals surface area contributed by atoms with E-state index >= 15 is 0 Å². The molecule has 1 unspecified atom stereocenters. The number of hydrogen-bond acceptors (Lipinski definition) is 5. The van der Waals surface area contributed by atoms with Crippen LogP contribution in [0.1, 0.15) is 12.6 Å². The van der Waals surface area contributed by atoms with Gasteiger partial charge in [-0.25, -0.2) is 14.8 Å². The molecule has 1 aromatic rings. The van der Waals surface area contributed by atoms with Crippen LogP contribution >= 0.6 is 0 Å². The van der Waals surface area contributed by atoms with E-state index in [-0.39, 0.29) is 11.9 Å². The molecule has 0 aliphatic carbocycles. The van der Waals surface area contributed by atoms with Crippen molar-refractivity contribution >= 4 is 17.8 Å². The standard InChI is InChI=1S/C12H17N5O3/c1-8-11(18)13-3-4-17(8)12(19)16-10-5-9(6-20-2)14-7-15-10/h5,7-8H,3-4,6H2,1-2H3,(H,13,18)(H,14,15,16,19). The van der Waals surface area contributed by atoms with E-state index in [9.17, 15) is 9.59 Å². The summed E-state index contributed by atoms with van der Waals surface area (Å²) in [7, 11) is 1.56. The molecule has 3 amide bonds. The van der Waals surface area contributed by atoms with Gasteiger partial charge in [-0.05, 0) is 6.92 Å². The summed E-state index contributed by atoms with van der Waals surface area (Å²) in [5.41, 5.74) is 0.669. The van der Waals surface area contributed by atoms with Crippen LogP contribution in [0.25, 0.3) is 0 Å². The average Bonchev–Trinajstić information content (AvgIpc) is 2.42. The molecule has 1 atom stereocenters. The molecule has 2 rings (SSSR count). The summed E-state index contributed by atoms with van der Waals surface area (Å²) >= 11 is 0. The Kier molecular flexibility index (Phi) is 4.46. The van der Waals surface area contributed by atoms with Gasteiger partial charge in [-0.1, -0.05) is 0 Å². The van der Waals surface area contributed by atoms with Crippen molar-refractivity contribution in [2.24, 2.45) is 0 Å². The molecule has 8 nitrogen and oxygen atoms in total. The smallest absolute Gasteiger partial charge is 0.323 e. The minimum absolute atomic E-state index is 0.158. The Bertz CT molecular complexity index is 508. The molecular weight excluding hydrogens is 262 g/mol. The SMILES string of the molecule is COCc1cc(NC(=O)N2CCNC(=O)C2C)ncn1. The zero-order valence-corrected chi connectivity index (χ0v) is 11.4. The average molecular weight is 279 g/mol. The fraction of sp³-hybridized carbons (Fsp3) is 0.500. The van der Waals surface area contributed by atoms with Gasteiger partial charge in [0.25, 0.3) is 0 Å². The van der Waals surface area contributed by atoms with Gasteiger partial charge < -0.3 is 15.0 Å². The number of anilines is 1. The number of hydrogen-bond donors (Lipinski definition) is 2. The number of rotatable bonds is 3. The second-order valence-electron chi connectivity index (χ2n) is 4.42. The van der Waals surface area contributed by atoms with Gasteiger partial charge >= 0.3 is 6.03 Å². The number of amides is 3. The van der Waals surface area contributed by atoms with Crippen molar-refractivity contribution in [3.63, 3.8) is 0 Å². The Morgan fingerprint density at radius 3 is 3.15 bits per heavy atom. The van der Waals surface area contributed by atoms with E-state index in [1.807, 2.05) is 0 Å². The molecule has 0 bridgehead atoms. The maximum Gasteiger partial charge on any atom is 0.323 e. The number of carbonyl (C=O) groups is 2. The molecule has 0 saturated carbocycles. The zero-order valence-electron chi connectivity index (χ0n) is 11.4. The van der Waals surface area contributed by atoms with Crippen LogP contribution in [0.3, 0.4) is 0 Å². The molecule has 0 aromatic carbocycles. The lowest BCUT2D eigenvalue weighted by molar-refractivity contribution is -0.126. The molecule has 108 valence electrons. The predicted molar refractivity (Wildman–Crippen MR) is 70.9 cm³/mol. The van der Waals surface area contributed by atoms with Crippen molar-refractivity contribution in [2.45, 2.75) is 19.6 Å². The first-order valence-corrected chi connectivity index (χ1v) is 6.27. The molecule has 1 aliphatic rings. The second-order valence-corrected chi connectivity index (χ2v) is 4.42. The van der Waals surface area contributed by atoms with Gasteiger partial charge in [-0.2, -0.15) is 0 Å². The quantitative estimate of drug-likeness (QED) is 0.810. The summed E-state index contributed by atoms with van der Waals surface area (Å²) in [5, 5.41) is 5.37. The highest BCUT2D eigenvalue weighted by molar-refractivity contribution is 5.93. The van der Waals surface area contributed by atoms with Crippen molar-refractivity contribution in [1.82, 2.24) is 20.2 Å². The van der Waals surface area contributed by atoms with Crippen LogP contribution in [0.15, 0.2) is 12.4 Å². The third-order valence-corrected chi connectivity index (χ3v) is 3.01. The van der Waals surface area contributed by atoms with Gasteiger partial charge in [0.05, 0.1) is 12.3 Å². The van der Waals surface area contributed by atoms with Gasteiger partial charge in [0.15, 0.2) is 0 Å². The number of nitrogens with one attached hydrogen (secondary N) is 2. The van der Waals surface area contributed by atoms with E-state index in [4.69, 9.17) is 4.74 Å². The van der Waals surface area contributed by atoms with Gasteiger partial charge in [-0.3, -0.25) is 10.1 Å². The Morgan fingerprint density at radius 1 is 1.60 bits per heavy atom. The lowest BCUT2D eigenvalue weighted by Crippen LogP contribution is -2.56. The highest BCUT2D eigenvalue weighted by Crippen LogP contribution is 2.09. The summed E-state index contributed by atoms with van der Waals surface area (Å²) < 4.78 is 4.97. The van der Waals surface area contributed by atoms with E-state index in [2.05, 4.69) is 20.6 Å². The van der Waals surface area contributed by atoms with Crippen LogP contribution in [0.5, 0.6) is 0 Å². The van der Waals surface area contributed by atoms with Gasteiger partial charge in [0.1, 0.15) is 18.2 Å². The fourth-order valence-electron chi connectivity index (χ4n) is 1.93. The van der Waals surface area contributed by atoms with Crippen LogP contribution in [0.4, 0.5) is 10.6 Å². The number of nitrogens with zero attached hydrogens (tertiary/aromatic N) is 3. The monoisotopic (exact) mass is 279 g/mol. The first kappa shape index (κ1) is 14.2. The van der Waals surface area contributed by atoms with E-state index < -0.39 is 6.04 Å². The molecule has 0 radical (unpaired) electrons. The van der Waals surface area contributed by atoms with Gasteiger partial charge in [0, 0.05) is 26.3 Å². The van der Waals surface area contributed by atoms with E-state index in [0.29, 0.717) is 31.2 Å². The summed E-state index contributed by atoms with van der Waals surface area (Å²) in [5.74, 6) is 0.226. The first-order chi connectivity index (χ1) is 9.61.